The first kappa shape index (κ1) is 13.1. The Morgan fingerprint density at radius 3 is 2.76 bits per heavy atom. The highest BCUT2D eigenvalue weighted by Gasteiger charge is 2.12. The monoisotopic (exact) mass is 267 g/mol. The maximum Gasteiger partial charge on any atom is 0.288 e. The summed E-state index contributed by atoms with van der Waals surface area (Å²) in [5, 5.41) is 19.4. The van der Waals surface area contributed by atoms with Crippen molar-refractivity contribution >= 4 is 40.6 Å². The lowest BCUT2D eigenvalue weighted by Crippen LogP contribution is -2.09. The number of halogens is 1. The summed E-state index contributed by atoms with van der Waals surface area (Å²) in [5.74, 6) is 0. The minimum absolute atomic E-state index is 0.0287. The fraction of sp³-hybridized carbons (Fsp3) is 0. The van der Waals surface area contributed by atoms with Crippen LogP contribution >= 0.6 is 23.8 Å². The van der Waals surface area contributed by atoms with Gasteiger partial charge in [0.25, 0.3) is 5.69 Å². The highest BCUT2D eigenvalue weighted by molar-refractivity contribution is 7.80. The molecule has 7 heteroatoms. The number of nitriles is 1. The van der Waals surface area contributed by atoms with Crippen molar-refractivity contribution < 1.29 is 4.92 Å². The van der Waals surface area contributed by atoms with Gasteiger partial charge in [0.1, 0.15) is 16.1 Å². The van der Waals surface area contributed by atoms with Gasteiger partial charge in [-0.1, -0.05) is 29.9 Å². The topological polar surface area (TPSA) is 92.9 Å². The number of nitrogens with two attached hydrogens (primary N) is 1. The van der Waals surface area contributed by atoms with Crippen molar-refractivity contribution in [3.63, 3.8) is 0 Å². The third-order valence-corrected chi connectivity index (χ3v) is 2.40. The molecule has 0 aliphatic heterocycles. The first-order valence-electron chi connectivity index (χ1n) is 4.31. The number of hydrogen-bond donors (Lipinski definition) is 1. The maximum absolute atomic E-state index is 10.6. The maximum atomic E-state index is 10.6. The van der Waals surface area contributed by atoms with Crippen LogP contribution in [0.25, 0.3) is 6.08 Å². The molecule has 0 heterocycles. The molecule has 0 spiro atoms. The number of nitro groups is 1. The number of hydrogen-bond acceptors (Lipinski definition) is 4. The van der Waals surface area contributed by atoms with E-state index in [1.54, 1.807) is 6.07 Å². The highest BCUT2D eigenvalue weighted by atomic mass is 35.5. The van der Waals surface area contributed by atoms with Gasteiger partial charge in [0, 0.05) is 6.07 Å². The summed E-state index contributed by atoms with van der Waals surface area (Å²) in [6.45, 7) is 0. The number of thiocarbonyl (C=S) groups is 1. The molecule has 0 saturated carbocycles. The zero-order chi connectivity index (χ0) is 13.0. The standard InChI is InChI=1S/C10H6ClN3O2S/c11-8-2-1-6(4-9(8)14(15)16)3-7(5-12)10(13)17/h1-4H,(H2,13,17)/b7-3+. The van der Waals surface area contributed by atoms with E-state index in [0.717, 1.165) is 0 Å². The number of nitro benzene ring substituents is 1. The number of rotatable bonds is 3. The summed E-state index contributed by atoms with van der Waals surface area (Å²) < 4.78 is 0. The summed E-state index contributed by atoms with van der Waals surface area (Å²) in [6, 6.07) is 5.96. The average molecular weight is 268 g/mol. The Hall–Kier alpha value is -1.97. The minimum Gasteiger partial charge on any atom is -0.389 e. The van der Waals surface area contributed by atoms with Gasteiger partial charge in [0.05, 0.1) is 10.5 Å². The van der Waals surface area contributed by atoms with Crippen LogP contribution in [0.1, 0.15) is 5.56 Å². The van der Waals surface area contributed by atoms with Crippen LogP contribution in [0.4, 0.5) is 5.69 Å². The molecule has 0 amide bonds. The highest BCUT2D eigenvalue weighted by Crippen LogP contribution is 2.25. The van der Waals surface area contributed by atoms with E-state index in [9.17, 15) is 10.1 Å². The normalized spacial score (nSPS) is 10.7. The molecular formula is C10H6ClN3O2S. The Morgan fingerprint density at radius 2 is 2.29 bits per heavy atom. The molecular weight excluding hydrogens is 262 g/mol. The molecule has 17 heavy (non-hydrogen) atoms. The van der Waals surface area contributed by atoms with E-state index in [0.29, 0.717) is 5.56 Å². The lowest BCUT2D eigenvalue weighted by atomic mass is 10.1. The zero-order valence-electron chi connectivity index (χ0n) is 8.38. The average Bonchev–Trinajstić information content (AvgIpc) is 2.27. The molecule has 1 aromatic carbocycles. The van der Waals surface area contributed by atoms with E-state index < -0.39 is 4.92 Å². The van der Waals surface area contributed by atoms with Crippen LogP contribution in [0.3, 0.4) is 0 Å². The van der Waals surface area contributed by atoms with Crippen molar-refractivity contribution in [3.8, 4) is 6.07 Å². The summed E-state index contributed by atoms with van der Waals surface area (Å²) in [4.78, 5) is 9.98. The molecule has 0 bridgehead atoms. The van der Waals surface area contributed by atoms with Crippen molar-refractivity contribution in [1.29, 1.82) is 5.26 Å². The molecule has 0 aliphatic rings. The zero-order valence-corrected chi connectivity index (χ0v) is 9.96. The van der Waals surface area contributed by atoms with Crippen LogP contribution in [0.5, 0.6) is 0 Å². The summed E-state index contributed by atoms with van der Waals surface area (Å²) in [5.41, 5.74) is 5.58. The minimum atomic E-state index is -0.605. The largest absolute Gasteiger partial charge is 0.389 e. The third-order valence-electron chi connectivity index (χ3n) is 1.86. The SMILES string of the molecule is N#C/C(=C\c1ccc(Cl)c([N+](=O)[O-])c1)C(N)=S. The van der Waals surface area contributed by atoms with Gasteiger partial charge in [0.15, 0.2) is 0 Å². The Balaban J connectivity index is 3.27. The van der Waals surface area contributed by atoms with E-state index in [-0.39, 0.29) is 21.3 Å². The Kier molecular flexibility index (Phi) is 4.15. The van der Waals surface area contributed by atoms with E-state index in [4.69, 9.17) is 22.6 Å². The van der Waals surface area contributed by atoms with Crippen LogP contribution in [0.15, 0.2) is 23.8 Å². The fourth-order valence-corrected chi connectivity index (χ4v) is 1.38. The molecule has 0 aromatic heterocycles. The van der Waals surface area contributed by atoms with Gasteiger partial charge in [-0.3, -0.25) is 10.1 Å². The molecule has 0 aliphatic carbocycles. The van der Waals surface area contributed by atoms with Crippen molar-refractivity contribution in [1.82, 2.24) is 0 Å². The molecule has 86 valence electrons. The quantitative estimate of drug-likeness (QED) is 0.298. The van der Waals surface area contributed by atoms with Gasteiger partial charge in [0.2, 0.25) is 0 Å². The van der Waals surface area contributed by atoms with Crippen LogP contribution in [0.2, 0.25) is 5.02 Å². The molecule has 0 fully saturated rings. The van der Waals surface area contributed by atoms with Crippen molar-refractivity contribution in [2.45, 2.75) is 0 Å². The van der Waals surface area contributed by atoms with E-state index in [1.165, 1.54) is 24.3 Å². The molecule has 1 rings (SSSR count). The summed E-state index contributed by atoms with van der Waals surface area (Å²) >= 11 is 10.3. The molecule has 5 nitrogen and oxygen atoms in total. The number of benzene rings is 1. The molecule has 0 atom stereocenters. The van der Waals surface area contributed by atoms with Crippen molar-refractivity contribution in [2.75, 3.05) is 0 Å². The van der Waals surface area contributed by atoms with E-state index in [2.05, 4.69) is 12.2 Å². The van der Waals surface area contributed by atoms with Gasteiger partial charge >= 0.3 is 0 Å². The first-order chi connectivity index (χ1) is 7.95. The van der Waals surface area contributed by atoms with Crippen molar-refractivity contribution in [2.24, 2.45) is 5.73 Å². The molecule has 1 aromatic rings. The Bertz CT molecular complexity index is 563. The fourth-order valence-electron chi connectivity index (χ4n) is 1.08. The first-order valence-corrected chi connectivity index (χ1v) is 5.10. The lowest BCUT2D eigenvalue weighted by Gasteiger charge is -1.98. The number of nitrogens with zero attached hydrogens (tertiary/aromatic N) is 2. The van der Waals surface area contributed by atoms with Gasteiger partial charge in [-0.15, -0.1) is 0 Å². The molecule has 2 N–H and O–H groups in total. The van der Waals surface area contributed by atoms with Gasteiger partial charge < -0.3 is 5.73 Å². The van der Waals surface area contributed by atoms with Gasteiger partial charge in [-0.25, -0.2) is 0 Å². The Labute approximate surface area is 107 Å². The smallest absolute Gasteiger partial charge is 0.288 e. The second-order valence-electron chi connectivity index (χ2n) is 3.00. The van der Waals surface area contributed by atoms with E-state index in [1.807, 2.05) is 0 Å². The van der Waals surface area contributed by atoms with Crippen LogP contribution < -0.4 is 5.73 Å². The van der Waals surface area contributed by atoms with E-state index >= 15 is 0 Å². The van der Waals surface area contributed by atoms with Gasteiger partial charge in [-0.05, 0) is 17.7 Å². The predicted molar refractivity (Wildman–Crippen MR) is 68.5 cm³/mol. The predicted octanol–water partition coefficient (Wildman–Crippen LogP) is 2.44. The van der Waals surface area contributed by atoms with Crippen molar-refractivity contribution in [3.05, 3.63) is 44.5 Å². The summed E-state index contributed by atoms with van der Waals surface area (Å²) in [7, 11) is 0. The molecule has 0 unspecified atom stereocenters. The second-order valence-corrected chi connectivity index (χ2v) is 3.85. The third kappa shape index (κ3) is 3.24. The summed E-state index contributed by atoms with van der Waals surface area (Å²) in [6.07, 6.45) is 1.37. The van der Waals surface area contributed by atoms with Gasteiger partial charge in [-0.2, -0.15) is 5.26 Å². The molecule has 0 saturated heterocycles. The molecule has 0 radical (unpaired) electrons. The van der Waals surface area contributed by atoms with Crippen LogP contribution in [0, 0.1) is 21.4 Å². The second kappa shape index (κ2) is 5.39. The lowest BCUT2D eigenvalue weighted by molar-refractivity contribution is -0.384. The van der Waals surface area contributed by atoms with Crippen LogP contribution in [-0.2, 0) is 0 Å². The van der Waals surface area contributed by atoms with Crippen LogP contribution in [-0.4, -0.2) is 9.91 Å². The Morgan fingerprint density at radius 1 is 1.65 bits per heavy atom.